The molecule has 1 aromatic carbocycles. The average molecular weight is 395 g/mol. The van der Waals surface area contributed by atoms with E-state index in [4.69, 9.17) is 4.74 Å². The molecule has 0 unspecified atom stereocenters. The predicted octanol–water partition coefficient (Wildman–Crippen LogP) is 2.28. The summed E-state index contributed by atoms with van der Waals surface area (Å²) in [5.41, 5.74) is 1.22. The van der Waals surface area contributed by atoms with Crippen LogP contribution in [0.4, 0.5) is 0 Å². The third-order valence-electron chi connectivity index (χ3n) is 5.71. The highest BCUT2D eigenvalue weighted by Gasteiger charge is 2.33. The van der Waals surface area contributed by atoms with Crippen LogP contribution in [0, 0.1) is 18.8 Å². The smallest absolute Gasteiger partial charge is 0.225 e. The highest BCUT2D eigenvalue weighted by Crippen LogP contribution is 2.25. The number of hydrogen-bond donors (Lipinski definition) is 0. The van der Waals surface area contributed by atoms with Crippen LogP contribution < -0.4 is 4.74 Å². The number of hydrogen-bond acceptors (Lipinski definition) is 4. The van der Waals surface area contributed by atoms with Crippen LogP contribution in [-0.2, 0) is 14.8 Å². The third-order valence-corrected chi connectivity index (χ3v) is 7.01. The van der Waals surface area contributed by atoms with Crippen molar-refractivity contribution in [3.63, 3.8) is 0 Å². The number of aryl methyl sites for hydroxylation is 1. The normalized spacial score (nSPS) is 20.6. The predicted molar refractivity (Wildman–Crippen MR) is 105 cm³/mol. The molecule has 2 aliphatic heterocycles. The second kappa shape index (κ2) is 8.61. The third kappa shape index (κ3) is 5.45. The Hall–Kier alpha value is -1.60. The first kappa shape index (κ1) is 20.1. The second-order valence-electron chi connectivity index (χ2n) is 7.83. The molecule has 0 atom stereocenters. The maximum atomic E-state index is 12.8. The van der Waals surface area contributed by atoms with E-state index in [1.165, 1.54) is 16.1 Å². The van der Waals surface area contributed by atoms with Gasteiger partial charge in [-0.2, -0.15) is 0 Å². The van der Waals surface area contributed by atoms with Gasteiger partial charge in [0.15, 0.2) is 0 Å². The molecule has 7 heteroatoms. The zero-order chi connectivity index (χ0) is 19.4. The molecular formula is C20H30N2O4S. The van der Waals surface area contributed by atoms with Gasteiger partial charge in [-0.15, -0.1) is 0 Å². The molecule has 150 valence electrons. The van der Waals surface area contributed by atoms with Crippen molar-refractivity contribution in [3.8, 4) is 5.75 Å². The Morgan fingerprint density at radius 3 is 2.19 bits per heavy atom. The molecule has 0 N–H and O–H groups in total. The molecule has 0 aromatic heterocycles. The maximum Gasteiger partial charge on any atom is 0.225 e. The van der Waals surface area contributed by atoms with Crippen molar-refractivity contribution in [2.24, 2.45) is 11.8 Å². The largest absolute Gasteiger partial charge is 0.493 e. The minimum absolute atomic E-state index is 0.0386. The summed E-state index contributed by atoms with van der Waals surface area (Å²) >= 11 is 0. The lowest BCUT2D eigenvalue weighted by molar-refractivity contribution is -0.138. The van der Waals surface area contributed by atoms with Crippen molar-refractivity contribution in [1.82, 2.24) is 9.21 Å². The van der Waals surface area contributed by atoms with E-state index < -0.39 is 10.0 Å². The number of amides is 1. The molecular weight excluding hydrogens is 364 g/mol. The topological polar surface area (TPSA) is 66.9 Å². The SMILES string of the molecule is Cc1ccc(OCC2CCN(C(=O)C3CCN(S(C)(=O)=O)CC3)CC2)cc1. The molecule has 3 rings (SSSR count). The van der Waals surface area contributed by atoms with E-state index in [9.17, 15) is 13.2 Å². The van der Waals surface area contributed by atoms with Crippen molar-refractivity contribution >= 4 is 15.9 Å². The Morgan fingerprint density at radius 1 is 1.04 bits per heavy atom. The summed E-state index contributed by atoms with van der Waals surface area (Å²) in [5.74, 6) is 1.53. The van der Waals surface area contributed by atoms with Gasteiger partial charge in [0.25, 0.3) is 0 Å². The Morgan fingerprint density at radius 2 is 1.63 bits per heavy atom. The Balaban J connectivity index is 1.41. The molecule has 2 fully saturated rings. The van der Waals surface area contributed by atoms with Crippen LogP contribution in [0.5, 0.6) is 5.75 Å². The summed E-state index contributed by atoms with van der Waals surface area (Å²) < 4.78 is 30.6. The van der Waals surface area contributed by atoms with Crippen molar-refractivity contribution < 1.29 is 17.9 Å². The molecule has 1 amide bonds. The molecule has 0 spiro atoms. The summed E-state index contributed by atoms with van der Waals surface area (Å²) in [5, 5.41) is 0. The fraction of sp³-hybridized carbons (Fsp3) is 0.650. The first-order chi connectivity index (χ1) is 12.8. The van der Waals surface area contributed by atoms with Crippen LogP contribution in [0.1, 0.15) is 31.2 Å². The lowest BCUT2D eigenvalue weighted by Crippen LogP contribution is -2.46. The van der Waals surface area contributed by atoms with E-state index in [-0.39, 0.29) is 11.8 Å². The average Bonchev–Trinajstić information content (AvgIpc) is 2.67. The number of ether oxygens (including phenoxy) is 1. The summed E-state index contributed by atoms with van der Waals surface area (Å²) in [4.78, 5) is 14.7. The summed E-state index contributed by atoms with van der Waals surface area (Å²) in [7, 11) is -3.14. The van der Waals surface area contributed by atoms with Crippen LogP contribution in [0.25, 0.3) is 0 Å². The number of sulfonamides is 1. The van der Waals surface area contributed by atoms with E-state index in [1.54, 1.807) is 0 Å². The van der Waals surface area contributed by atoms with Gasteiger partial charge >= 0.3 is 0 Å². The van der Waals surface area contributed by atoms with Gasteiger partial charge in [0.05, 0.1) is 12.9 Å². The highest BCUT2D eigenvalue weighted by atomic mass is 32.2. The number of piperidine rings is 2. The van der Waals surface area contributed by atoms with E-state index in [0.29, 0.717) is 38.5 Å². The zero-order valence-electron chi connectivity index (χ0n) is 16.3. The monoisotopic (exact) mass is 394 g/mol. The Kier molecular flexibility index (Phi) is 6.42. The zero-order valence-corrected chi connectivity index (χ0v) is 17.1. The molecule has 6 nitrogen and oxygen atoms in total. The molecule has 1 aromatic rings. The number of nitrogens with zero attached hydrogens (tertiary/aromatic N) is 2. The fourth-order valence-corrected chi connectivity index (χ4v) is 4.74. The molecule has 27 heavy (non-hydrogen) atoms. The van der Waals surface area contributed by atoms with Gasteiger partial charge in [0.2, 0.25) is 15.9 Å². The molecule has 2 aliphatic rings. The summed E-state index contributed by atoms with van der Waals surface area (Å²) in [6, 6.07) is 8.09. The number of rotatable bonds is 5. The minimum atomic E-state index is -3.14. The van der Waals surface area contributed by atoms with E-state index >= 15 is 0 Å². The van der Waals surface area contributed by atoms with E-state index in [2.05, 4.69) is 6.92 Å². The summed E-state index contributed by atoms with van der Waals surface area (Å²) in [6.07, 6.45) is 4.41. The Labute approximate surface area is 162 Å². The van der Waals surface area contributed by atoms with Gasteiger partial charge in [0, 0.05) is 32.1 Å². The molecule has 0 saturated carbocycles. The summed E-state index contributed by atoms with van der Waals surface area (Å²) in [6.45, 7) is 5.20. The van der Waals surface area contributed by atoms with Crippen LogP contribution in [0.15, 0.2) is 24.3 Å². The van der Waals surface area contributed by atoms with Gasteiger partial charge < -0.3 is 9.64 Å². The van der Waals surface area contributed by atoms with Crippen LogP contribution >= 0.6 is 0 Å². The van der Waals surface area contributed by atoms with Gasteiger partial charge in [-0.05, 0) is 50.7 Å². The van der Waals surface area contributed by atoms with Gasteiger partial charge in [-0.1, -0.05) is 17.7 Å². The van der Waals surface area contributed by atoms with Gasteiger partial charge in [-0.3, -0.25) is 4.79 Å². The quantitative estimate of drug-likeness (QED) is 0.768. The number of likely N-dealkylation sites (tertiary alicyclic amines) is 1. The van der Waals surface area contributed by atoms with E-state index in [1.807, 2.05) is 29.2 Å². The Bertz CT molecular complexity index is 732. The lowest BCUT2D eigenvalue weighted by Gasteiger charge is -2.36. The molecule has 0 bridgehead atoms. The van der Waals surface area contributed by atoms with E-state index in [0.717, 1.165) is 31.7 Å². The number of benzene rings is 1. The van der Waals surface area contributed by atoms with Crippen LogP contribution in [0.3, 0.4) is 0 Å². The standard InChI is InChI=1S/C20H30N2O4S/c1-16-3-5-19(6-4-16)26-15-17-7-11-21(12-8-17)20(23)18-9-13-22(14-10-18)27(2,24)25/h3-6,17-18H,7-15H2,1-2H3. The first-order valence-corrected chi connectivity index (χ1v) is 11.6. The maximum absolute atomic E-state index is 12.8. The second-order valence-corrected chi connectivity index (χ2v) is 9.81. The fourth-order valence-electron chi connectivity index (χ4n) is 3.86. The first-order valence-electron chi connectivity index (χ1n) is 9.76. The highest BCUT2D eigenvalue weighted by molar-refractivity contribution is 7.88. The molecule has 2 saturated heterocycles. The van der Waals surface area contributed by atoms with Crippen molar-refractivity contribution in [2.75, 3.05) is 39.0 Å². The van der Waals surface area contributed by atoms with Crippen molar-refractivity contribution in [2.45, 2.75) is 32.6 Å². The van der Waals surface area contributed by atoms with Crippen molar-refractivity contribution in [1.29, 1.82) is 0 Å². The molecule has 0 radical (unpaired) electrons. The number of carbonyl (C=O) groups is 1. The minimum Gasteiger partial charge on any atom is -0.493 e. The lowest BCUT2D eigenvalue weighted by atomic mass is 9.93. The van der Waals surface area contributed by atoms with Crippen LogP contribution in [-0.4, -0.2) is 62.6 Å². The van der Waals surface area contributed by atoms with Crippen LogP contribution in [0.2, 0.25) is 0 Å². The van der Waals surface area contributed by atoms with Gasteiger partial charge in [0.1, 0.15) is 5.75 Å². The molecule has 2 heterocycles. The molecule has 0 aliphatic carbocycles. The van der Waals surface area contributed by atoms with Gasteiger partial charge in [-0.25, -0.2) is 12.7 Å². The van der Waals surface area contributed by atoms with Crippen molar-refractivity contribution in [3.05, 3.63) is 29.8 Å². The number of carbonyl (C=O) groups excluding carboxylic acids is 1.